The number of pyridine rings is 1. The van der Waals surface area contributed by atoms with Gasteiger partial charge in [0.15, 0.2) is 5.82 Å². The summed E-state index contributed by atoms with van der Waals surface area (Å²) in [5.41, 5.74) is -0.444. The van der Waals surface area contributed by atoms with Gasteiger partial charge in [-0.3, -0.25) is 4.79 Å². The van der Waals surface area contributed by atoms with Crippen LogP contribution in [0.2, 0.25) is 0 Å². The molecule has 2 aromatic carbocycles. The topological polar surface area (TPSA) is 72.2 Å². The standard InChI is InChI=1S/C25H15F4N5O/c26-19-14-18(25(27,28)29)16(23-30-10-6-11-31-23)13-17(19)24(35)32-22-20-9-4-5-12-34(20)33-21(22)15-7-2-1-3-8-15/h1-14H,(H,32,35). The van der Waals surface area contributed by atoms with Crippen LogP contribution < -0.4 is 5.32 Å². The van der Waals surface area contributed by atoms with E-state index in [4.69, 9.17) is 0 Å². The van der Waals surface area contributed by atoms with Crippen molar-refractivity contribution in [2.24, 2.45) is 0 Å². The van der Waals surface area contributed by atoms with Crippen molar-refractivity contribution in [1.82, 2.24) is 19.6 Å². The van der Waals surface area contributed by atoms with Crippen LogP contribution in [0.4, 0.5) is 23.2 Å². The molecule has 0 unspecified atom stereocenters. The number of anilines is 1. The molecule has 0 aliphatic rings. The van der Waals surface area contributed by atoms with E-state index < -0.39 is 34.6 Å². The van der Waals surface area contributed by atoms with Crippen molar-refractivity contribution in [2.75, 3.05) is 5.32 Å². The average Bonchev–Trinajstić information content (AvgIpc) is 3.22. The van der Waals surface area contributed by atoms with E-state index in [0.717, 1.165) is 6.07 Å². The Morgan fingerprint density at radius 3 is 2.34 bits per heavy atom. The SMILES string of the molecule is O=C(Nc1c(-c2ccccc2)nn2ccccc12)c1cc(-c2ncccn2)c(C(F)(F)F)cc1F. The van der Waals surface area contributed by atoms with Crippen LogP contribution in [0, 0.1) is 5.82 Å². The van der Waals surface area contributed by atoms with Crippen LogP contribution in [0.15, 0.2) is 85.3 Å². The lowest BCUT2D eigenvalue weighted by molar-refractivity contribution is -0.137. The molecule has 0 saturated heterocycles. The van der Waals surface area contributed by atoms with Crippen LogP contribution in [0.25, 0.3) is 28.2 Å². The lowest BCUT2D eigenvalue weighted by Crippen LogP contribution is -2.17. The van der Waals surface area contributed by atoms with Crippen LogP contribution in [-0.2, 0) is 6.18 Å². The van der Waals surface area contributed by atoms with Crippen LogP contribution in [-0.4, -0.2) is 25.5 Å². The summed E-state index contributed by atoms with van der Waals surface area (Å²) in [5, 5.41) is 7.14. The van der Waals surface area contributed by atoms with Crippen molar-refractivity contribution < 1.29 is 22.4 Å². The van der Waals surface area contributed by atoms with E-state index >= 15 is 0 Å². The van der Waals surface area contributed by atoms with E-state index in [2.05, 4.69) is 20.4 Å². The van der Waals surface area contributed by atoms with Crippen molar-refractivity contribution in [1.29, 1.82) is 0 Å². The predicted octanol–water partition coefficient (Wildman–Crippen LogP) is 5.87. The third-order valence-electron chi connectivity index (χ3n) is 5.29. The fourth-order valence-electron chi connectivity index (χ4n) is 3.71. The van der Waals surface area contributed by atoms with Gasteiger partial charge in [-0.05, 0) is 30.3 Å². The van der Waals surface area contributed by atoms with E-state index in [1.807, 2.05) is 6.07 Å². The number of nitrogens with zero attached hydrogens (tertiary/aromatic N) is 4. The lowest BCUT2D eigenvalue weighted by Gasteiger charge is -2.15. The van der Waals surface area contributed by atoms with Gasteiger partial charge in [0.05, 0.1) is 22.3 Å². The van der Waals surface area contributed by atoms with Gasteiger partial charge in [-0.1, -0.05) is 36.4 Å². The largest absolute Gasteiger partial charge is 0.417 e. The first-order chi connectivity index (χ1) is 16.8. The molecular weight excluding hydrogens is 462 g/mol. The van der Waals surface area contributed by atoms with Gasteiger partial charge < -0.3 is 5.32 Å². The molecule has 3 heterocycles. The number of halogens is 4. The first-order valence-electron chi connectivity index (χ1n) is 10.3. The molecule has 0 aliphatic heterocycles. The maximum Gasteiger partial charge on any atom is 0.417 e. The third kappa shape index (κ3) is 4.21. The molecule has 3 aromatic heterocycles. The Hall–Kier alpha value is -4.60. The zero-order chi connectivity index (χ0) is 24.6. The second-order valence-electron chi connectivity index (χ2n) is 7.52. The van der Waals surface area contributed by atoms with Crippen molar-refractivity contribution in [3.63, 3.8) is 0 Å². The van der Waals surface area contributed by atoms with Crippen LogP contribution in [0.1, 0.15) is 15.9 Å². The van der Waals surface area contributed by atoms with Gasteiger partial charge >= 0.3 is 6.18 Å². The molecule has 5 aromatic rings. The highest BCUT2D eigenvalue weighted by molar-refractivity contribution is 6.09. The molecule has 35 heavy (non-hydrogen) atoms. The molecule has 0 radical (unpaired) electrons. The summed E-state index contributed by atoms with van der Waals surface area (Å²) in [6.45, 7) is 0. The van der Waals surface area contributed by atoms with Crippen molar-refractivity contribution in [3.05, 3.63) is 102 Å². The molecule has 1 N–H and O–H groups in total. The predicted molar refractivity (Wildman–Crippen MR) is 121 cm³/mol. The minimum atomic E-state index is -4.88. The summed E-state index contributed by atoms with van der Waals surface area (Å²) in [7, 11) is 0. The molecule has 1 amide bonds. The van der Waals surface area contributed by atoms with Gasteiger partial charge in [0.1, 0.15) is 11.5 Å². The number of hydrogen-bond donors (Lipinski definition) is 1. The maximum absolute atomic E-state index is 14.9. The molecule has 0 atom stereocenters. The molecule has 6 nitrogen and oxygen atoms in total. The molecular formula is C25H15F4N5O. The quantitative estimate of drug-likeness (QED) is 0.329. The van der Waals surface area contributed by atoms with Crippen LogP contribution >= 0.6 is 0 Å². The highest BCUT2D eigenvalue weighted by Gasteiger charge is 2.36. The van der Waals surface area contributed by atoms with E-state index in [1.165, 1.54) is 18.5 Å². The van der Waals surface area contributed by atoms with E-state index in [0.29, 0.717) is 22.5 Å². The zero-order valence-corrected chi connectivity index (χ0v) is 17.8. The summed E-state index contributed by atoms with van der Waals surface area (Å²) in [4.78, 5) is 20.9. The molecule has 10 heteroatoms. The zero-order valence-electron chi connectivity index (χ0n) is 17.8. The summed E-state index contributed by atoms with van der Waals surface area (Å²) in [6.07, 6.45) is -0.679. The van der Waals surface area contributed by atoms with Gasteiger partial charge in [0.25, 0.3) is 5.91 Å². The highest BCUT2D eigenvalue weighted by Crippen LogP contribution is 2.38. The van der Waals surface area contributed by atoms with E-state index in [9.17, 15) is 22.4 Å². The number of fused-ring (bicyclic) bond motifs is 1. The minimum absolute atomic E-state index is 0.283. The van der Waals surface area contributed by atoms with Crippen LogP contribution in [0.3, 0.4) is 0 Å². The number of benzene rings is 2. The summed E-state index contributed by atoms with van der Waals surface area (Å²) < 4.78 is 57.3. The van der Waals surface area contributed by atoms with Gasteiger partial charge in [-0.15, -0.1) is 0 Å². The number of aromatic nitrogens is 4. The number of hydrogen-bond acceptors (Lipinski definition) is 4. The molecule has 0 bridgehead atoms. The molecule has 0 aliphatic carbocycles. The van der Waals surface area contributed by atoms with Gasteiger partial charge in [-0.2, -0.15) is 18.3 Å². The van der Waals surface area contributed by atoms with Gasteiger partial charge in [-0.25, -0.2) is 18.9 Å². The number of carbonyl (C=O) groups excluding carboxylic acids is 1. The van der Waals surface area contributed by atoms with Crippen molar-refractivity contribution >= 4 is 17.1 Å². The molecule has 174 valence electrons. The molecule has 5 rings (SSSR count). The highest BCUT2D eigenvalue weighted by atomic mass is 19.4. The normalized spacial score (nSPS) is 11.5. The first kappa shape index (κ1) is 22.2. The third-order valence-corrected chi connectivity index (χ3v) is 5.29. The number of amides is 1. The Bertz CT molecular complexity index is 1530. The Labute approximate surface area is 195 Å². The van der Waals surface area contributed by atoms with Crippen molar-refractivity contribution in [2.45, 2.75) is 6.18 Å². The number of alkyl halides is 3. The van der Waals surface area contributed by atoms with Crippen molar-refractivity contribution in [3.8, 4) is 22.6 Å². The molecule has 0 spiro atoms. The minimum Gasteiger partial charge on any atom is -0.318 e. The summed E-state index contributed by atoms with van der Waals surface area (Å²) in [6, 6.07) is 16.7. The fraction of sp³-hybridized carbons (Fsp3) is 0.0400. The Morgan fingerprint density at radius 1 is 0.914 bits per heavy atom. The second-order valence-corrected chi connectivity index (χ2v) is 7.52. The molecule has 0 saturated carbocycles. The number of carbonyl (C=O) groups is 1. The lowest BCUT2D eigenvalue weighted by atomic mass is 10.0. The Balaban J connectivity index is 1.62. The summed E-state index contributed by atoms with van der Waals surface area (Å²) >= 11 is 0. The maximum atomic E-state index is 14.9. The van der Waals surface area contributed by atoms with E-state index in [-0.39, 0.29) is 11.9 Å². The monoisotopic (exact) mass is 477 g/mol. The van der Waals surface area contributed by atoms with Crippen LogP contribution in [0.5, 0.6) is 0 Å². The fourth-order valence-corrected chi connectivity index (χ4v) is 3.71. The summed E-state index contributed by atoms with van der Waals surface area (Å²) in [5.74, 6) is -2.55. The second kappa shape index (κ2) is 8.64. The first-order valence-corrected chi connectivity index (χ1v) is 10.3. The smallest absolute Gasteiger partial charge is 0.318 e. The molecule has 0 fully saturated rings. The number of rotatable bonds is 4. The number of nitrogens with one attached hydrogen (secondary N) is 1. The Kier molecular flexibility index (Phi) is 5.48. The van der Waals surface area contributed by atoms with Gasteiger partial charge in [0.2, 0.25) is 0 Å². The van der Waals surface area contributed by atoms with E-state index in [1.54, 1.807) is 53.2 Å². The average molecular weight is 477 g/mol. The van der Waals surface area contributed by atoms with Gasteiger partial charge in [0, 0.05) is 29.7 Å². The Morgan fingerprint density at radius 2 is 1.63 bits per heavy atom.